The standard InChI is InChI=1S/C12H24N2O/c1-9(2)7-11(13)8-14-12(15)10-5-3-4-6-10/h9-11H,3-8,13H2,1-2H3,(H,14,15). The third-order valence-electron chi connectivity index (χ3n) is 3.04. The van der Waals surface area contributed by atoms with E-state index in [1.165, 1.54) is 12.8 Å². The molecular weight excluding hydrogens is 188 g/mol. The summed E-state index contributed by atoms with van der Waals surface area (Å²) < 4.78 is 0. The number of carbonyl (C=O) groups excluding carboxylic acids is 1. The van der Waals surface area contributed by atoms with Crippen LogP contribution in [0.1, 0.15) is 46.0 Å². The first-order chi connectivity index (χ1) is 7.09. The van der Waals surface area contributed by atoms with Crippen LogP contribution in [0.15, 0.2) is 0 Å². The molecule has 0 aromatic heterocycles. The summed E-state index contributed by atoms with van der Waals surface area (Å²) in [5.41, 5.74) is 5.91. The highest BCUT2D eigenvalue weighted by atomic mass is 16.1. The third-order valence-corrected chi connectivity index (χ3v) is 3.04. The number of nitrogens with two attached hydrogens (primary N) is 1. The number of rotatable bonds is 5. The van der Waals surface area contributed by atoms with E-state index in [9.17, 15) is 4.79 Å². The first-order valence-corrected chi connectivity index (χ1v) is 6.13. The number of nitrogens with one attached hydrogen (secondary N) is 1. The molecule has 1 fully saturated rings. The minimum Gasteiger partial charge on any atom is -0.354 e. The van der Waals surface area contributed by atoms with Crippen LogP contribution in [0.2, 0.25) is 0 Å². The molecule has 1 saturated carbocycles. The molecule has 0 heterocycles. The Labute approximate surface area is 92.8 Å². The summed E-state index contributed by atoms with van der Waals surface area (Å²) in [5.74, 6) is 1.08. The van der Waals surface area contributed by atoms with Crippen molar-refractivity contribution in [3.8, 4) is 0 Å². The van der Waals surface area contributed by atoms with E-state index in [1.54, 1.807) is 0 Å². The van der Waals surface area contributed by atoms with Crippen LogP contribution < -0.4 is 11.1 Å². The van der Waals surface area contributed by atoms with Crippen LogP contribution in [0, 0.1) is 11.8 Å². The van der Waals surface area contributed by atoms with Gasteiger partial charge in [0.25, 0.3) is 0 Å². The Morgan fingerprint density at radius 1 is 1.40 bits per heavy atom. The van der Waals surface area contributed by atoms with Crippen molar-refractivity contribution in [3.05, 3.63) is 0 Å². The van der Waals surface area contributed by atoms with Crippen molar-refractivity contribution < 1.29 is 4.79 Å². The van der Waals surface area contributed by atoms with Gasteiger partial charge in [-0.1, -0.05) is 26.7 Å². The van der Waals surface area contributed by atoms with Crippen LogP contribution in [-0.2, 0) is 4.79 Å². The Hall–Kier alpha value is -0.570. The molecule has 3 N–H and O–H groups in total. The van der Waals surface area contributed by atoms with Crippen molar-refractivity contribution in [1.82, 2.24) is 5.32 Å². The van der Waals surface area contributed by atoms with Crippen LogP contribution in [0.4, 0.5) is 0 Å². The summed E-state index contributed by atoms with van der Waals surface area (Å²) in [7, 11) is 0. The second-order valence-corrected chi connectivity index (χ2v) is 5.12. The van der Waals surface area contributed by atoms with Crippen LogP contribution in [0.3, 0.4) is 0 Å². The van der Waals surface area contributed by atoms with Gasteiger partial charge >= 0.3 is 0 Å². The van der Waals surface area contributed by atoms with Gasteiger partial charge in [-0.25, -0.2) is 0 Å². The summed E-state index contributed by atoms with van der Waals surface area (Å²) in [5, 5.41) is 2.97. The fourth-order valence-corrected chi connectivity index (χ4v) is 2.25. The molecule has 15 heavy (non-hydrogen) atoms. The predicted molar refractivity (Wildman–Crippen MR) is 62.4 cm³/mol. The van der Waals surface area contributed by atoms with Crippen molar-refractivity contribution in [2.24, 2.45) is 17.6 Å². The smallest absolute Gasteiger partial charge is 0.223 e. The zero-order valence-electron chi connectivity index (χ0n) is 9.96. The van der Waals surface area contributed by atoms with E-state index < -0.39 is 0 Å². The van der Waals surface area contributed by atoms with Crippen molar-refractivity contribution in [2.45, 2.75) is 52.0 Å². The molecule has 1 atom stereocenters. The lowest BCUT2D eigenvalue weighted by molar-refractivity contribution is -0.124. The molecule has 0 radical (unpaired) electrons. The van der Waals surface area contributed by atoms with Crippen molar-refractivity contribution >= 4 is 5.91 Å². The maximum Gasteiger partial charge on any atom is 0.223 e. The Balaban J connectivity index is 2.15. The van der Waals surface area contributed by atoms with Crippen LogP contribution in [-0.4, -0.2) is 18.5 Å². The maximum absolute atomic E-state index is 11.7. The summed E-state index contributed by atoms with van der Waals surface area (Å²) in [6.45, 7) is 4.94. The zero-order chi connectivity index (χ0) is 11.3. The predicted octanol–water partition coefficient (Wildman–Crippen LogP) is 1.67. The zero-order valence-corrected chi connectivity index (χ0v) is 9.96. The van der Waals surface area contributed by atoms with Crippen molar-refractivity contribution in [2.75, 3.05) is 6.54 Å². The van der Waals surface area contributed by atoms with Gasteiger partial charge in [-0.2, -0.15) is 0 Å². The summed E-state index contributed by atoms with van der Waals surface area (Å²) in [6, 6.07) is 0.107. The lowest BCUT2D eigenvalue weighted by Crippen LogP contribution is -2.40. The minimum atomic E-state index is 0.107. The average molecular weight is 212 g/mol. The molecule has 1 aliphatic carbocycles. The first kappa shape index (κ1) is 12.5. The molecule has 1 unspecified atom stereocenters. The second-order valence-electron chi connectivity index (χ2n) is 5.12. The van der Waals surface area contributed by atoms with E-state index in [4.69, 9.17) is 5.73 Å². The van der Waals surface area contributed by atoms with E-state index in [-0.39, 0.29) is 17.9 Å². The SMILES string of the molecule is CC(C)CC(N)CNC(=O)C1CCCC1. The number of hydrogen-bond acceptors (Lipinski definition) is 2. The molecule has 1 rings (SSSR count). The Morgan fingerprint density at radius 2 is 2.00 bits per heavy atom. The normalized spacial score (nSPS) is 19.5. The van der Waals surface area contributed by atoms with Crippen LogP contribution in [0.5, 0.6) is 0 Å². The highest BCUT2D eigenvalue weighted by Crippen LogP contribution is 2.24. The van der Waals surface area contributed by atoms with Gasteiger partial charge in [-0.3, -0.25) is 4.79 Å². The van der Waals surface area contributed by atoms with Gasteiger partial charge in [0.2, 0.25) is 5.91 Å². The molecule has 1 amide bonds. The fraction of sp³-hybridized carbons (Fsp3) is 0.917. The van der Waals surface area contributed by atoms with E-state index >= 15 is 0 Å². The van der Waals surface area contributed by atoms with Gasteiger partial charge in [-0.05, 0) is 25.2 Å². The largest absolute Gasteiger partial charge is 0.354 e. The van der Waals surface area contributed by atoms with Crippen molar-refractivity contribution in [1.29, 1.82) is 0 Å². The van der Waals surface area contributed by atoms with Gasteiger partial charge in [0.05, 0.1) is 0 Å². The summed E-state index contributed by atoms with van der Waals surface area (Å²) in [6.07, 6.45) is 5.51. The molecule has 3 nitrogen and oxygen atoms in total. The average Bonchev–Trinajstić information content (AvgIpc) is 2.65. The van der Waals surface area contributed by atoms with E-state index in [2.05, 4.69) is 19.2 Å². The molecule has 0 saturated heterocycles. The molecule has 3 heteroatoms. The van der Waals surface area contributed by atoms with Gasteiger partial charge < -0.3 is 11.1 Å². The molecule has 0 spiro atoms. The van der Waals surface area contributed by atoms with Gasteiger partial charge in [0.1, 0.15) is 0 Å². The number of amides is 1. The van der Waals surface area contributed by atoms with Gasteiger partial charge in [-0.15, -0.1) is 0 Å². The monoisotopic (exact) mass is 212 g/mol. The molecular formula is C12H24N2O. The molecule has 0 aliphatic heterocycles. The van der Waals surface area contributed by atoms with Crippen molar-refractivity contribution in [3.63, 3.8) is 0 Å². The summed E-state index contributed by atoms with van der Waals surface area (Å²) >= 11 is 0. The Morgan fingerprint density at radius 3 is 2.53 bits per heavy atom. The topological polar surface area (TPSA) is 55.1 Å². The molecule has 0 aromatic rings. The highest BCUT2D eigenvalue weighted by molar-refractivity contribution is 5.78. The van der Waals surface area contributed by atoms with Gasteiger partial charge in [0, 0.05) is 18.5 Å². The third kappa shape index (κ3) is 4.65. The Kier molecular flexibility index (Phi) is 5.09. The molecule has 0 aromatic carbocycles. The van der Waals surface area contributed by atoms with E-state index in [0.29, 0.717) is 12.5 Å². The van der Waals surface area contributed by atoms with E-state index in [1.807, 2.05) is 0 Å². The number of hydrogen-bond donors (Lipinski definition) is 2. The van der Waals surface area contributed by atoms with Crippen LogP contribution >= 0.6 is 0 Å². The Bertz CT molecular complexity index is 198. The summed E-state index contributed by atoms with van der Waals surface area (Å²) in [4.78, 5) is 11.7. The first-order valence-electron chi connectivity index (χ1n) is 6.13. The van der Waals surface area contributed by atoms with Crippen LogP contribution in [0.25, 0.3) is 0 Å². The minimum absolute atomic E-state index is 0.107. The quantitative estimate of drug-likeness (QED) is 0.728. The molecule has 0 bridgehead atoms. The lowest BCUT2D eigenvalue weighted by Gasteiger charge is -2.16. The molecule has 88 valence electrons. The number of carbonyl (C=O) groups is 1. The maximum atomic E-state index is 11.7. The second kappa shape index (κ2) is 6.11. The van der Waals surface area contributed by atoms with Gasteiger partial charge in [0.15, 0.2) is 0 Å². The molecule has 1 aliphatic rings. The van der Waals surface area contributed by atoms with E-state index in [0.717, 1.165) is 19.3 Å². The lowest BCUT2D eigenvalue weighted by atomic mass is 10.0. The highest BCUT2D eigenvalue weighted by Gasteiger charge is 2.22. The fourth-order valence-electron chi connectivity index (χ4n) is 2.25.